The van der Waals surface area contributed by atoms with E-state index in [0.717, 1.165) is 30.0 Å². The van der Waals surface area contributed by atoms with Gasteiger partial charge in [-0.2, -0.15) is 5.10 Å². The molecular weight excluding hydrogens is 322 g/mol. The number of likely N-dealkylation sites (N-methyl/N-ethyl adjacent to an activating group) is 1. The van der Waals surface area contributed by atoms with Crippen molar-refractivity contribution < 1.29 is 5.11 Å². The Kier molecular flexibility index (Phi) is 5.86. The lowest BCUT2D eigenvalue weighted by atomic mass is 10.1. The molecule has 0 saturated carbocycles. The zero-order chi connectivity index (χ0) is 18.5. The molecule has 2 aromatic carbocycles. The Morgan fingerprint density at radius 3 is 2.54 bits per heavy atom. The van der Waals surface area contributed by atoms with Crippen molar-refractivity contribution in [2.45, 2.75) is 27.3 Å². The normalized spacial score (nSPS) is 11.3. The molecule has 0 bridgehead atoms. The van der Waals surface area contributed by atoms with Crippen LogP contribution in [0, 0.1) is 13.8 Å². The Morgan fingerprint density at radius 2 is 1.85 bits per heavy atom. The summed E-state index contributed by atoms with van der Waals surface area (Å²) < 4.78 is 1.99. The Hall–Kier alpha value is -2.43. The van der Waals surface area contributed by atoms with Gasteiger partial charge in [0.25, 0.3) is 0 Å². The summed E-state index contributed by atoms with van der Waals surface area (Å²) in [5.74, 6) is 0. The van der Waals surface area contributed by atoms with Crippen LogP contribution in [0.3, 0.4) is 0 Å². The summed E-state index contributed by atoms with van der Waals surface area (Å²) in [6.07, 6.45) is 2.13. The van der Waals surface area contributed by atoms with Gasteiger partial charge in [0.15, 0.2) is 0 Å². The summed E-state index contributed by atoms with van der Waals surface area (Å²) in [6, 6.07) is 16.7. The molecule has 0 radical (unpaired) electrons. The first-order chi connectivity index (χ1) is 12.6. The number of benzene rings is 2. The number of rotatable bonds is 7. The third-order valence-electron chi connectivity index (χ3n) is 4.71. The first-order valence-electron chi connectivity index (χ1n) is 9.17. The molecule has 0 aliphatic carbocycles. The molecule has 0 unspecified atom stereocenters. The minimum atomic E-state index is 0.166. The van der Waals surface area contributed by atoms with Crippen molar-refractivity contribution in [2.75, 3.05) is 19.7 Å². The molecule has 0 atom stereocenters. The minimum absolute atomic E-state index is 0.166. The molecule has 0 aliphatic heterocycles. The molecule has 3 rings (SSSR count). The summed E-state index contributed by atoms with van der Waals surface area (Å²) in [6.45, 7) is 8.83. The number of hydrogen-bond donors (Lipinski definition) is 1. The van der Waals surface area contributed by atoms with Crippen LogP contribution >= 0.6 is 0 Å². The average molecular weight is 349 g/mol. The molecule has 1 heterocycles. The lowest BCUT2D eigenvalue weighted by Crippen LogP contribution is -2.26. The first kappa shape index (κ1) is 18.4. The topological polar surface area (TPSA) is 41.3 Å². The molecule has 0 spiro atoms. The van der Waals surface area contributed by atoms with Crippen molar-refractivity contribution in [3.05, 3.63) is 71.4 Å². The van der Waals surface area contributed by atoms with E-state index in [-0.39, 0.29) is 6.61 Å². The molecular formula is C22H27N3O. The monoisotopic (exact) mass is 349 g/mol. The fraction of sp³-hybridized carbons (Fsp3) is 0.318. The molecule has 26 heavy (non-hydrogen) atoms. The van der Waals surface area contributed by atoms with Crippen LogP contribution in [0.15, 0.2) is 54.7 Å². The summed E-state index contributed by atoms with van der Waals surface area (Å²) in [4.78, 5) is 2.23. The minimum Gasteiger partial charge on any atom is -0.395 e. The fourth-order valence-corrected chi connectivity index (χ4v) is 3.19. The number of aliphatic hydroxyl groups excluding tert-OH is 1. The van der Waals surface area contributed by atoms with Crippen molar-refractivity contribution in [2.24, 2.45) is 0 Å². The largest absolute Gasteiger partial charge is 0.395 e. The van der Waals surface area contributed by atoms with Gasteiger partial charge < -0.3 is 5.11 Å². The second-order valence-corrected chi connectivity index (χ2v) is 6.70. The standard InChI is InChI=1S/C22H27N3O/c1-4-24(12-13-26)15-20-16-25(21-14-17(2)10-11-18(21)3)23-22(20)19-8-6-5-7-9-19/h5-11,14,16,26H,4,12-13,15H2,1-3H3. The lowest BCUT2D eigenvalue weighted by Gasteiger charge is -2.18. The van der Waals surface area contributed by atoms with E-state index >= 15 is 0 Å². The zero-order valence-corrected chi connectivity index (χ0v) is 15.8. The van der Waals surface area contributed by atoms with Gasteiger partial charge in [0.2, 0.25) is 0 Å². The number of nitrogens with zero attached hydrogens (tertiary/aromatic N) is 3. The van der Waals surface area contributed by atoms with Gasteiger partial charge in [-0.15, -0.1) is 0 Å². The summed E-state index contributed by atoms with van der Waals surface area (Å²) in [5, 5.41) is 14.2. The van der Waals surface area contributed by atoms with Crippen LogP contribution in [0.25, 0.3) is 16.9 Å². The predicted molar refractivity (Wildman–Crippen MR) is 107 cm³/mol. The summed E-state index contributed by atoms with van der Waals surface area (Å²) >= 11 is 0. The molecule has 0 saturated heterocycles. The highest BCUT2D eigenvalue weighted by Crippen LogP contribution is 2.26. The molecule has 1 aromatic heterocycles. The van der Waals surface area contributed by atoms with Gasteiger partial charge in [0, 0.05) is 30.4 Å². The highest BCUT2D eigenvalue weighted by Gasteiger charge is 2.15. The molecule has 4 nitrogen and oxygen atoms in total. The SMILES string of the molecule is CCN(CCO)Cc1cn(-c2cc(C)ccc2C)nc1-c1ccccc1. The van der Waals surface area contributed by atoms with Crippen LogP contribution in [-0.2, 0) is 6.54 Å². The van der Waals surface area contributed by atoms with Gasteiger partial charge in [-0.3, -0.25) is 4.90 Å². The first-order valence-corrected chi connectivity index (χ1v) is 9.17. The van der Waals surface area contributed by atoms with E-state index in [0.29, 0.717) is 6.54 Å². The van der Waals surface area contributed by atoms with E-state index in [1.54, 1.807) is 0 Å². The maximum atomic E-state index is 9.32. The third-order valence-corrected chi connectivity index (χ3v) is 4.71. The lowest BCUT2D eigenvalue weighted by molar-refractivity contribution is 0.197. The van der Waals surface area contributed by atoms with Crippen LogP contribution in [0.2, 0.25) is 0 Å². The van der Waals surface area contributed by atoms with Crippen LogP contribution in [0.4, 0.5) is 0 Å². The second kappa shape index (κ2) is 8.30. The Labute approximate surface area is 155 Å². The van der Waals surface area contributed by atoms with E-state index in [1.165, 1.54) is 16.7 Å². The van der Waals surface area contributed by atoms with Crippen LogP contribution in [-0.4, -0.2) is 39.5 Å². The van der Waals surface area contributed by atoms with Gasteiger partial charge in [0.05, 0.1) is 18.0 Å². The second-order valence-electron chi connectivity index (χ2n) is 6.70. The Balaban J connectivity index is 2.06. The molecule has 0 fully saturated rings. The van der Waals surface area contributed by atoms with E-state index in [1.807, 2.05) is 22.9 Å². The van der Waals surface area contributed by atoms with Crippen molar-refractivity contribution in [3.8, 4) is 16.9 Å². The third kappa shape index (κ3) is 4.03. The van der Waals surface area contributed by atoms with Gasteiger partial charge in [-0.25, -0.2) is 4.68 Å². The van der Waals surface area contributed by atoms with Crippen LogP contribution in [0.1, 0.15) is 23.6 Å². The number of aromatic nitrogens is 2. The Bertz CT molecular complexity index is 855. The number of aliphatic hydroxyl groups is 1. The van der Waals surface area contributed by atoms with Gasteiger partial charge >= 0.3 is 0 Å². The molecule has 0 amide bonds. The summed E-state index contributed by atoms with van der Waals surface area (Å²) in [5.41, 5.74) is 6.83. The molecule has 1 N–H and O–H groups in total. The van der Waals surface area contributed by atoms with E-state index in [4.69, 9.17) is 5.10 Å². The maximum Gasteiger partial charge on any atom is 0.0972 e. The van der Waals surface area contributed by atoms with Crippen molar-refractivity contribution in [1.29, 1.82) is 0 Å². The number of aryl methyl sites for hydroxylation is 2. The molecule has 3 aromatic rings. The Morgan fingerprint density at radius 1 is 1.08 bits per heavy atom. The van der Waals surface area contributed by atoms with E-state index in [9.17, 15) is 5.11 Å². The van der Waals surface area contributed by atoms with Gasteiger partial charge in [-0.05, 0) is 37.6 Å². The highest BCUT2D eigenvalue weighted by molar-refractivity contribution is 5.63. The highest BCUT2D eigenvalue weighted by atomic mass is 16.3. The number of hydrogen-bond acceptors (Lipinski definition) is 3. The zero-order valence-electron chi connectivity index (χ0n) is 15.8. The van der Waals surface area contributed by atoms with E-state index in [2.05, 4.69) is 62.2 Å². The molecule has 136 valence electrons. The molecule has 0 aliphatic rings. The van der Waals surface area contributed by atoms with Crippen molar-refractivity contribution in [1.82, 2.24) is 14.7 Å². The summed E-state index contributed by atoms with van der Waals surface area (Å²) in [7, 11) is 0. The molecule has 4 heteroatoms. The smallest absolute Gasteiger partial charge is 0.0972 e. The van der Waals surface area contributed by atoms with E-state index < -0.39 is 0 Å². The quantitative estimate of drug-likeness (QED) is 0.702. The predicted octanol–water partition coefficient (Wildman–Crippen LogP) is 3.97. The van der Waals surface area contributed by atoms with Gasteiger partial charge in [-0.1, -0.05) is 49.4 Å². The van der Waals surface area contributed by atoms with Crippen LogP contribution < -0.4 is 0 Å². The van der Waals surface area contributed by atoms with Gasteiger partial charge in [0.1, 0.15) is 0 Å². The van der Waals surface area contributed by atoms with Crippen molar-refractivity contribution >= 4 is 0 Å². The fourth-order valence-electron chi connectivity index (χ4n) is 3.19. The average Bonchev–Trinajstić information content (AvgIpc) is 3.07. The maximum absolute atomic E-state index is 9.32. The van der Waals surface area contributed by atoms with Crippen molar-refractivity contribution in [3.63, 3.8) is 0 Å². The van der Waals surface area contributed by atoms with Crippen LogP contribution in [0.5, 0.6) is 0 Å².